The van der Waals surface area contributed by atoms with Gasteiger partial charge in [0.15, 0.2) is 0 Å². The van der Waals surface area contributed by atoms with Crippen LogP contribution in [0, 0.1) is 0 Å². The molecule has 0 aliphatic rings. The predicted molar refractivity (Wildman–Crippen MR) is 101 cm³/mol. The van der Waals surface area contributed by atoms with Crippen LogP contribution in [0.4, 0.5) is 0 Å². The Hall–Kier alpha value is -3.80. The fourth-order valence-corrected chi connectivity index (χ4v) is 2.70. The molecule has 26 heavy (non-hydrogen) atoms. The van der Waals surface area contributed by atoms with E-state index in [1.807, 2.05) is 42.5 Å². The summed E-state index contributed by atoms with van der Waals surface area (Å²) in [5, 5.41) is 13.2. The van der Waals surface area contributed by atoms with Gasteiger partial charge in [-0.2, -0.15) is 10.2 Å². The second kappa shape index (κ2) is 6.98. The topological polar surface area (TPSA) is 83.0 Å². The maximum Gasteiger partial charge on any atom is 0.289 e. The summed E-state index contributed by atoms with van der Waals surface area (Å²) < 4.78 is 0. The summed E-state index contributed by atoms with van der Waals surface area (Å²) in [5.74, 6) is -0.353. The van der Waals surface area contributed by atoms with E-state index in [9.17, 15) is 4.79 Å². The van der Waals surface area contributed by atoms with E-state index in [-0.39, 0.29) is 5.91 Å². The summed E-state index contributed by atoms with van der Waals surface area (Å²) in [6.07, 6.45) is 4.88. The number of H-pyrrole nitrogens is 1. The van der Waals surface area contributed by atoms with Crippen molar-refractivity contribution < 1.29 is 4.79 Å². The molecule has 4 rings (SSSR count). The van der Waals surface area contributed by atoms with Gasteiger partial charge in [0, 0.05) is 18.0 Å². The van der Waals surface area contributed by atoms with Crippen molar-refractivity contribution in [1.82, 2.24) is 20.6 Å². The zero-order valence-electron chi connectivity index (χ0n) is 13.8. The number of nitrogens with zero attached hydrogens (tertiary/aromatic N) is 3. The predicted octanol–water partition coefficient (Wildman–Crippen LogP) is 3.39. The molecule has 0 saturated heterocycles. The molecule has 6 nitrogen and oxygen atoms in total. The molecule has 2 N–H and O–H groups in total. The number of fused-ring (bicyclic) bond motifs is 1. The van der Waals surface area contributed by atoms with Crippen LogP contribution in [-0.2, 0) is 0 Å². The molecule has 0 aliphatic carbocycles. The molecule has 0 saturated carbocycles. The fraction of sp³-hybridized carbons (Fsp3) is 0. The molecule has 0 aliphatic heterocycles. The van der Waals surface area contributed by atoms with Crippen molar-refractivity contribution in [2.24, 2.45) is 5.10 Å². The molecule has 4 aromatic rings. The Balaban J connectivity index is 1.54. The highest BCUT2D eigenvalue weighted by molar-refractivity contribution is 5.98. The Kier molecular flexibility index (Phi) is 4.22. The number of aromatic amines is 1. The number of benzene rings is 2. The van der Waals surface area contributed by atoms with Crippen molar-refractivity contribution in [3.63, 3.8) is 0 Å². The number of carbonyl (C=O) groups excluding carboxylic acids is 1. The normalized spacial score (nSPS) is 11.1. The lowest BCUT2D eigenvalue weighted by Gasteiger charge is -2.02. The second-order valence-electron chi connectivity index (χ2n) is 5.67. The van der Waals surface area contributed by atoms with Crippen LogP contribution in [0.15, 0.2) is 78.2 Å². The van der Waals surface area contributed by atoms with E-state index in [0.717, 1.165) is 21.9 Å². The van der Waals surface area contributed by atoms with Crippen LogP contribution in [0.2, 0.25) is 0 Å². The van der Waals surface area contributed by atoms with Gasteiger partial charge in [-0.3, -0.25) is 14.9 Å². The van der Waals surface area contributed by atoms with Gasteiger partial charge in [0.05, 0.1) is 11.9 Å². The van der Waals surface area contributed by atoms with Gasteiger partial charge in [0.1, 0.15) is 5.69 Å². The number of nitrogens with one attached hydrogen (secondary N) is 2. The molecule has 6 heteroatoms. The zero-order chi connectivity index (χ0) is 17.8. The lowest BCUT2D eigenvalue weighted by Crippen LogP contribution is -2.17. The van der Waals surface area contributed by atoms with Gasteiger partial charge in [-0.05, 0) is 34.5 Å². The molecule has 0 unspecified atom stereocenters. The zero-order valence-corrected chi connectivity index (χ0v) is 13.8. The van der Waals surface area contributed by atoms with Gasteiger partial charge >= 0.3 is 0 Å². The van der Waals surface area contributed by atoms with Gasteiger partial charge in [-0.1, -0.05) is 42.5 Å². The number of amides is 1. The first kappa shape index (κ1) is 15.7. The average Bonchev–Trinajstić information content (AvgIpc) is 3.18. The highest BCUT2D eigenvalue weighted by Gasteiger charge is 2.12. The van der Waals surface area contributed by atoms with Crippen LogP contribution in [0.1, 0.15) is 16.1 Å². The number of rotatable bonds is 4. The van der Waals surface area contributed by atoms with Crippen LogP contribution in [0.5, 0.6) is 0 Å². The van der Waals surface area contributed by atoms with E-state index < -0.39 is 0 Å². The van der Waals surface area contributed by atoms with Gasteiger partial charge in [-0.15, -0.1) is 0 Å². The minimum atomic E-state index is -0.353. The third kappa shape index (κ3) is 3.21. The minimum Gasteiger partial charge on any atom is -0.272 e. The Labute approximate surface area is 149 Å². The summed E-state index contributed by atoms with van der Waals surface area (Å²) in [4.78, 5) is 16.2. The van der Waals surface area contributed by atoms with Crippen molar-refractivity contribution in [3.05, 3.63) is 84.3 Å². The summed E-state index contributed by atoms with van der Waals surface area (Å²) >= 11 is 0. The summed E-state index contributed by atoms with van der Waals surface area (Å²) in [6.45, 7) is 0. The first-order valence-corrected chi connectivity index (χ1v) is 8.08. The van der Waals surface area contributed by atoms with Crippen molar-refractivity contribution in [2.45, 2.75) is 0 Å². The lowest BCUT2D eigenvalue weighted by molar-refractivity contribution is 0.0950. The molecule has 0 bridgehead atoms. The van der Waals surface area contributed by atoms with Crippen LogP contribution in [0.3, 0.4) is 0 Å². The number of pyridine rings is 1. The van der Waals surface area contributed by atoms with Crippen molar-refractivity contribution >= 4 is 22.9 Å². The monoisotopic (exact) mass is 341 g/mol. The van der Waals surface area contributed by atoms with E-state index in [1.54, 1.807) is 36.8 Å². The maximum atomic E-state index is 12.2. The molecule has 2 heterocycles. The first-order chi connectivity index (χ1) is 12.8. The molecule has 126 valence electrons. The Morgan fingerprint density at radius 1 is 1.04 bits per heavy atom. The number of hydrazone groups is 1. The standard InChI is InChI=1S/C20H15N5O/c26-20(25-22-13-14-8-10-21-11-9-14)19-12-18(23-24-19)17-7-3-5-15-4-1-2-6-16(15)17/h1-13H,(H,23,24)(H,25,26)/b22-13+. The summed E-state index contributed by atoms with van der Waals surface area (Å²) in [6, 6.07) is 19.4. The molecule has 1 amide bonds. The Bertz CT molecular complexity index is 1080. The Morgan fingerprint density at radius 3 is 2.73 bits per heavy atom. The third-order valence-corrected chi connectivity index (χ3v) is 3.97. The lowest BCUT2D eigenvalue weighted by atomic mass is 10.0. The largest absolute Gasteiger partial charge is 0.289 e. The summed E-state index contributed by atoms with van der Waals surface area (Å²) in [7, 11) is 0. The SMILES string of the molecule is O=C(N/N=C/c1ccncc1)c1cc(-c2cccc3ccccc23)n[nH]1. The molecule has 0 fully saturated rings. The third-order valence-electron chi connectivity index (χ3n) is 3.97. The van der Waals surface area contributed by atoms with Crippen molar-refractivity contribution in [3.8, 4) is 11.3 Å². The van der Waals surface area contributed by atoms with Crippen LogP contribution in [-0.4, -0.2) is 27.3 Å². The molecular formula is C20H15N5O. The van der Waals surface area contributed by atoms with E-state index in [4.69, 9.17) is 0 Å². The van der Waals surface area contributed by atoms with Crippen LogP contribution < -0.4 is 5.43 Å². The van der Waals surface area contributed by atoms with Gasteiger partial charge < -0.3 is 0 Å². The van der Waals surface area contributed by atoms with E-state index in [0.29, 0.717) is 11.4 Å². The Morgan fingerprint density at radius 2 is 1.85 bits per heavy atom. The highest BCUT2D eigenvalue weighted by atomic mass is 16.2. The number of carbonyl (C=O) groups is 1. The van der Waals surface area contributed by atoms with E-state index >= 15 is 0 Å². The molecule has 0 spiro atoms. The van der Waals surface area contributed by atoms with Gasteiger partial charge in [-0.25, -0.2) is 5.43 Å². The smallest absolute Gasteiger partial charge is 0.272 e. The number of hydrogen-bond acceptors (Lipinski definition) is 4. The molecule has 2 aromatic carbocycles. The average molecular weight is 341 g/mol. The molecule has 2 aromatic heterocycles. The van der Waals surface area contributed by atoms with Crippen molar-refractivity contribution in [2.75, 3.05) is 0 Å². The maximum absolute atomic E-state index is 12.2. The number of hydrogen-bond donors (Lipinski definition) is 2. The molecule has 0 radical (unpaired) electrons. The first-order valence-electron chi connectivity index (χ1n) is 8.08. The quantitative estimate of drug-likeness (QED) is 0.441. The van der Waals surface area contributed by atoms with Crippen LogP contribution >= 0.6 is 0 Å². The van der Waals surface area contributed by atoms with E-state index in [2.05, 4.69) is 25.7 Å². The molecule has 0 atom stereocenters. The second-order valence-corrected chi connectivity index (χ2v) is 5.67. The van der Waals surface area contributed by atoms with Crippen molar-refractivity contribution in [1.29, 1.82) is 0 Å². The fourth-order valence-electron chi connectivity index (χ4n) is 2.70. The highest BCUT2D eigenvalue weighted by Crippen LogP contribution is 2.27. The molecular weight excluding hydrogens is 326 g/mol. The number of aromatic nitrogens is 3. The van der Waals surface area contributed by atoms with E-state index in [1.165, 1.54) is 0 Å². The minimum absolute atomic E-state index is 0.347. The van der Waals surface area contributed by atoms with Gasteiger partial charge in [0.25, 0.3) is 5.91 Å². The summed E-state index contributed by atoms with van der Waals surface area (Å²) in [5.41, 5.74) is 5.37. The van der Waals surface area contributed by atoms with Gasteiger partial charge in [0.2, 0.25) is 0 Å². The van der Waals surface area contributed by atoms with Crippen LogP contribution in [0.25, 0.3) is 22.0 Å².